The van der Waals surface area contributed by atoms with E-state index in [0.717, 1.165) is 16.5 Å². The Morgan fingerprint density at radius 2 is 1.81 bits per heavy atom. The lowest BCUT2D eigenvalue weighted by atomic mass is 10.1. The Bertz CT molecular complexity index is 1090. The molecule has 0 aliphatic carbocycles. The fraction of sp³-hybridized carbons (Fsp3) is 0.250. The third-order valence-electron chi connectivity index (χ3n) is 4.35. The summed E-state index contributed by atoms with van der Waals surface area (Å²) in [6.45, 7) is 2.32. The molecule has 142 valence electrons. The van der Waals surface area contributed by atoms with E-state index in [1.807, 2.05) is 25.1 Å². The summed E-state index contributed by atoms with van der Waals surface area (Å²) in [5.41, 5.74) is 1.89. The lowest BCUT2D eigenvalue weighted by Gasteiger charge is -2.22. The van der Waals surface area contributed by atoms with Gasteiger partial charge in [-0.2, -0.15) is 4.31 Å². The second kappa shape index (κ2) is 8.04. The van der Waals surface area contributed by atoms with E-state index in [1.165, 1.54) is 11.4 Å². The first-order valence-electron chi connectivity index (χ1n) is 8.58. The van der Waals surface area contributed by atoms with Gasteiger partial charge in [0.15, 0.2) is 0 Å². The molecule has 0 bridgehead atoms. The number of aromatic amines is 1. The van der Waals surface area contributed by atoms with Gasteiger partial charge < -0.3 is 9.72 Å². The fourth-order valence-corrected chi connectivity index (χ4v) is 4.32. The van der Waals surface area contributed by atoms with E-state index in [2.05, 4.69) is 4.98 Å². The van der Waals surface area contributed by atoms with Crippen LogP contribution in [0.2, 0.25) is 0 Å². The van der Waals surface area contributed by atoms with Crippen molar-refractivity contribution in [3.05, 3.63) is 76.1 Å². The number of nitrogens with zero attached hydrogens (tertiary/aromatic N) is 1. The van der Waals surface area contributed by atoms with Gasteiger partial charge in [0.2, 0.25) is 10.0 Å². The molecule has 27 heavy (non-hydrogen) atoms. The largest absolute Gasteiger partial charge is 0.383 e. The Labute approximate surface area is 158 Å². The Morgan fingerprint density at radius 3 is 2.52 bits per heavy atom. The zero-order chi connectivity index (χ0) is 19.4. The van der Waals surface area contributed by atoms with Gasteiger partial charge in [0, 0.05) is 31.3 Å². The van der Waals surface area contributed by atoms with Crippen LogP contribution in [0.3, 0.4) is 0 Å². The Balaban J connectivity index is 2.01. The summed E-state index contributed by atoms with van der Waals surface area (Å²) in [5.74, 6) is 0. The monoisotopic (exact) mass is 386 g/mol. The minimum Gasteiger partial charge on any atom is -0.383 e. The van der Waals surface area contributed by atoms with Crippen LogP contribution in [0.25, 0.3) is 10.9 Å². The predicted octanol–water partition coefficient (Wildman–Crippen LogP) is 2.67. The molecule has 6 nitrogen and oxygen atoms in total. The number of methoxy groups -OCH3 is 1. The van der Waals surface area contributed by atoms with Crippen molar-refractivity contribution in [2.24, 2.45) is 0 Å². The van der Waals surface area contributed by atoms with Crippen LogP contribution in [0.1, 0.15) is 11.1 Å². The van der Waals surface area contributed by atoms with Gasteiger partial charge in [-0.25, -0.2) is 8.42 Å². The van der Waals surface area contributed by atoms with Gasteiger partial charge in [0.25, 0.3) is 5.56 Å². The molecule has 1 heterocycles. The van der Waals surface area contributed by atoms with Gasteiger partial charge in [-0.15, -0.1) is 0 Å². The quantitative estimate of drug-likeness (QED) is 0.677. The molecule has 0 aliphatic rings. The number of hydrogen-bond donors (Lipinski definition) is 1. The maximum absolute atomic E-state index is 13.0. The van der Waals surface area contributed by atoms with Gasteiger partial charge in [-0.05, 0) is 42.6 Å². The molecule has 0 radical (unpaired) electrons. The number of pyridine rings is 1. The number of aryl methyl sites for hydroxylation is 1. The van der Waals surface area contributed by atoms with Crippen LogP contribution in [0, 0.1) is 6.92 Å². The predicted molar refractivity (Wildman–Crippen MR) is 105 cm³/mol. The summed E-state index contributed by atoms with van der Waals surface area (Å²) in [4.78, 5) is 15.5. The first-order valence-corrected chi connectivity index (χ1v) is 10.0. The molecule has 7 heteroatoms. The van der Waals surface area contributed by atoms with Gasteiger partial charge in [-0.3, -0.25) is 4.79 Å². The second-order valence-electron chi connectivity index (χ2n) is 6.36. The molecule has 0 aliphatic heterocycles. The van der Waals surface area contributed by atoms with Crippen LogP contribution in [-0.2, 0) is 21.3 Å². The number of fused-ring (bicyclic) bond motifs is 1. The molecule has 0 saturated carbocycles. The summed E-state index contributed by atoms with van der Waals surface area (Å²) in [7, 11) is -2.24. The molecule has 1 aromatic heterocycles. The van der Waals surface area contributed by atoms with Crippen molar-refractivity contribution >= 4 is 20.9 Å². The SMILES string of the molecule is COCCN(Cc1cc2cc(C)ccc2[nH]c1=O)S(=O)(=O)c1ccccc1. The van der Waals surface area contributed by atoms with E-state index in [4.69, 9.17) is 4.74 Å². The highest BCUT2D eigenvalue weighted by molar-refractivity contribution is 7.89. The molecule has 0 atom stereocenters. The molecule has 3 rings (SSSR count). The summed E-state index contributed by atoms with van der Waals surface area (Å²) in [5, 5.41) is 0.869. The molecule has 0 unspecified atom stereocenters. The van der Waals surface area contributed by atoms with Crippen molar-refractivity contribution in [3.8, 4) is 0 Å². The van der Waals surface area contributed by atoms with Crippen LogP contribution < -0.4 is 5.56 Å². The maximum atomic E-state index is 13.0. The number of H-pyrrole nitrogens is 1. The summed E-state index contributed by atoms with van der Waals surface area (Å²) in [6.07, 6.45) is 0. The standard InChI is InChI=1S/C20H22N2O4S/c1-15-8-9-19-16(12-15)13-17(20(23)21-19)14-22(10-11-26-2)27(24,25)18-6-4-3-5-7-18/h3-9,12-13H,10-11,14H2,1-2H3,(H,21,23). The Hall–Kier alpha value is -2.48. The van der Waals surface area contributed by atoms with Crippen LogP contribution in [0.4, 0.5) is 0 Å². The van der Waals surface area contributed by atoms with E-state index >= 15 is 0 Å². The molecular weight excluding hydrogens is 364 g/mol. The summed E-state index contributed by atoms with van der Waals surface area (Å²) >= 11 is 0. The number of sulfonamides is 1. The number of aromatic nitrogens is 1. The van der Waals surface area contributed by atoms with E-state index in [0.29, 0.717) is 5.56 Å². The minimum absolute atomic E-state index is 0.0280. The summed E-state index contributed by atoms with van der Waals surface area (Å²) in [6, 6.07) is 15.7. The molecular formula is C20H22N2O4S. The van der Waals surface area contributed by atoms with Gasteiger partial charge in [0.05, 0.1) is 11.5 Å². The Morgan fingerprint density at radius 1 is 1.07 bits per heavy atom. The zero-order valence-corrected chi connectivity index (χ0v) is 16.1. The van der Waals surface area contributed by atoms with Crippen LogP contribution in [0.5, 0.6) is 0 Å². The lowest BCUT2D eigenvalue weighted by molar-refractivity contribution is 0.177. The third kappa shape index (κ3) is 4.27. The average Bonchev–Trinajstić information content (AvgIpc) is 2.66. The van der Waals surface area contributed by atoms with Crippen molar-refractivity contribution in [1.82, 2.24) is 9.29 Å². The third-order valence-corrected chi connectivity index (χ3v) is 6.21. The molecule has 0 amide bonds. The van der Waals surface area contributed by atoms with Gasteiger partial charge in [0.1, 0.15) is 0 Å². The summed E-state index contributed by atoms with van der Waals surface area (Å²) < 4.78 is 32.4. The highest BCUT2D eigenvalue weighted by Crippen LogP contribution is 2.19. The van der Waals surface area contributed by atoms with E-state index in [1.54, 1.807) is 36.4 Å². The number of benzene rings is 2. The Kier molecular flexibility index (Phi) is 5.74. The highest BCUT2D eigenvalue weighted by atomic mass is 32.2. The maximum Gasteiger partial charge on any atom is 0.252 e. The lowest BCUT2D eigenvalue weighted by Crippen LogP contribution is -2.35. The molecule has 1 N–H and O–H groups in total. The average molecular weight is 386 g/mol. The van der Waals surface area contributed by atoms with Crippen molar-refractivity contribution in [2.75, 3.05) is 20.3 Å². The molecule has 2 aromatic carbocycles. The highest BCUT2D eigenvalue weighted by Gasteiger charge is 2.25. The number of hydrogen-bond acceptors (Lipinski definition) is 4. The minimum atomic E-state index is -3.75. The van der Waals surface area contributed by atoms with Crippen LogP contribution in [-0.4, -0.2) is 38.0 Å². The molecule has 0 fully saturated rings. The normalized spacial score (nSPS) is 12.0. The molecule has 0 saturated heterocycles. The zero-order valence-electron chi connectivity index (χ0n) is 15.3. The van der Waals surface area contributed by atoms with Crippen molar-refractivity contribution < 1.29 is 13.2 Å². The molecule has 3 aromatic rings. The van der Waals surface area contributed by atoms with E-state index in [-0.39, 0.29) is 30.2 Å². The molecule has 0 spiro atoms. The topological polar surface area (TPSA) is 79.5 Å². The van der Waals surface area contributed by atoms with Crippen LogP contribution in [0.15, 0.2) is 64.3 Å². The van der Waals surface area contributed by atoms with Crippen LogP contribution >= 0.6 is 0 Å². The van der Waals surface area contributed by atoms with Gasteiger partial charge >= 0.3 is 0 Å². The first-order chi connectivity index (χ1) is 12.9. The number of nitrogens with one attached hydrogen (secondary N) is 1. The number of rotatable bonds is 7. The first kappa shape index (κ1) is 19.3. The van der Waals surface area contributed by atoms with Crippen molar-refractivity contribution in [3.63, 3.8) is 0 Å². The van der Waals surface area contributed by atoms with E-state index < -0.39 is 10.0 Å². The second-order valence-corrected chi connectivity index (χ2v) is 8.30. The fourth-order valence-electron chi connectivity index (χ4n) is 2.90. The van der Waals surface area contributed by atoms with E-state index in [9.17, 15) is 13.2 Å². The van der Waals surface area contributed by atoms with Crippen molar-refractivity contribution in [2.45, 2.75) is 18.4 Å². The van der Waals surface area contributed by atoms with Crippen molar-refractivity contribution in [1.29, 1.82) is 0 Å². The number of ether oxygens (including phenoxy) is 1. The van der Waals surface area contributed by atoms with Gasteiger partial charge in [-0.1, -0.05) is 29.8 Å². The smallest absolute Gasteiger partial charge is 0.252 e.